The van der Waals surface area contributed by atoms with E-state index in [0.29, 0.717) is 33.0 Å². The molecule has 1 aliphatic rings. The maximum Gasteiger partial charge on any atom is 0.338 e. The number of aliphatic imine (C=N–C) groups is 1. The number of esters is 1. The van der Waals surface area contributed by atoms with Crippen LogP contribution in [0.5, 0.6) is 0 Å². The molecule has 2 heterocycles. The first-order valence-electron chi connectivity index (χ1n) is 8.02. The SMILES string of the molecule is CCOC(=O)C1=C(CBr)NC(c2nccs2)=NC1c1ccc(C)cc1F. The van der Waals surface area contributed by atoms with Crippen LogP contribution in [-0.2, 0) is 9.53 Å². The first kappa shape index (κ1) is 18.7. The number of aryl methyl sites for hydroxylation is 1. The van der Waals surface area contributed by atoms with Gasteiger partial charge in [0.1, 0.15) is 11.9 Å². The molecule has 0 radical (unpaired) electrons. The van der Waals surface area contributed by atoms with Crippen molar-refractivity contribution in [3.63, 3.8) is 0 Å². The molecule has 2 aromatic rings. The number of ether oxygens (including phenoxy) is 1. The van der Waals surface area contributed by atoms with Gasteiger partial charge in [-0.15, -0.1) is 11.3 Å². The summed E-state index contributed by atoms with van der Waals surface area (Å²) in [6, 6.07) is 4.10. The molecule has 0 bridgehead atoms. The zero-order valence-corrected chi connectivity index (χ0v) is 16.7. The van der Waals surface area contributed by atoms with Gasteiger partial charge in [0.2, 0.25) is 0 Å². The fourth-order valence-electron chi connectivity index (χ4n) is 2.68. The van der Waals surface area contributed by atoms with E-state index in [0.717, 1.165) is 5.56 Å². The van der Waals surface area contributed by atoms with E-state index in [1.807, 2.05) is 12.3 Å². The molecule has 5 nitrogen and oxygen atoms in total. The van der Waals surface area contributed by atoms with E-state index < -0.39 is 17.8 Å². The van der Waals surface area contributed by atoms with Crippen LogP contribution >= 0.6 is 27.3 Å². The number of amidine groups is 1. The highest BCUT2D eigenvalue weighted by molar-refractivity contribution is 9.09. The van der Waals surface area contributed by atoms with Crippen LogP contribution in [0.1, 0.15) is 29.1 Å². The Hall–Kier alpha value is -2.06. The Labute approximate surface area is 163 Å². The van der Waals surface area contributed by atoms with Crippen molar-refractivity contribution >= 4 is 39.1 Å². The molecule has 1 aliphatic heterocycles. The molecule has 1 aromatic heterocycles. The summed E-state index contributed by atoms with van der Waals surface area (Å²) in [5, 5.41) is 6.01. The molecule has 0 fully saturated rings. The summed E-state index contributed by atoms with van der Waals surface area (Å²) < 4.78 is 19.9. The summed E-state index contributed by atoms with van der Waals surface area (Å²) >= 11 is 4.81. The van der Waals surface area contributed by atoms with Crippen molar-refractivity contribution in [1.29, 1.82) is 0 Å². The molecule has 136 valence electrons. The van der Waals surface area contributed by atoms with Crippen LogP contribution in [0.4, 0.5) is 4.39 Å². The van der Waals surface area contributed by atoms with Gasteiger partial charge in [0.15, 0.2) is 10.8 Å². The summed E-state index contributed by atoms with van der Waals surface area (Å²) in [4.78, 5) is 21.4. The lowest BCUT2D eigenvalue weighted by atomic mass is 9.95. The number of alkyl halides is 1. The molecule has 0 spiro atoms. The number of benzene rings is 1. The molecule has 0 saturated heterocycles. The van der Waals surface area contributed by atoms with Gasteiger partial charge in [-0.2, -0.15) is 0 Å². The van der Waals surface area contributed by atoms with E-state index in [1.54, 1.807) is 25.3 Å². The molecular weight excluding hydrogens is 421 g/mol. The van der Waals surface area contributed by atoms with Crippen LogP contribution in [0, 0.1) is 12.7 Å². The Balaban J connectivity index is 2.15. The van der Waals surface area contributed by atoms with Gasteiger partial charge in [-0.3, -0.25) is 4.99 Å². The number of allylic oxidation sites excluding steroid dienone is 1. The van der Waals surface area contributed by atoms with Crippen molar-refractivity contribution in [3.8, 4) is 0 Å². The molecule has 8 heteroatoms. The van der Waals surface area contributed by atoms with Gasteiger partial charge in [-0.1, -0.05) is 28.1 Å². The van der Waals surface area contributed by atoms with E-state index >= 15 is 0 Å². The fraction of sp³-hybridized carbons (Fsp3) is 0.278. The van der Waals surface area contributed by atoms with Crippen molar-refractivity contribution in [2.75, 3.05) is 11.9 Å². The van der Waals surface area contributed by atoms with Crippen LogP contribution < -0.4 is 5.32 Å². The van der Waals surface area contributed by atoms with Crippen LogP contribution in [0.15, 0.2) is 46.0 Å². The summed E-state index contributed by atoms with van der Waals surface area (Å²) in [6.45, 7) is 3.77. The Kier molecular flexibility index (Phi) is 5.83. The number of aromatic nitrogens is 1. The first-order chi connectivity index (χ1) is 12.5. The summed E-state index contributed by atoms with van der Waals surface area (Å²) in [5.74, 6) is -0.413. The van der Waals surface area contributed by atoms with E-state index in [1.165, 1.54) is 17.4 Å². The quantitative estimate of drug-likeness (QED) is 0.569. The molecule has 26 heavy (non-hydrogen) atoms. The average molecular weight is 438 g/mol. The van der Waals surface area contributed by atoms with Crippen LogP contribution in [0.2, 0.25) is 0 Å². The Morgan fingerprint density at radius 2 is 2.27 bits per heavy atom. The van der Waals surface area contributed by atoms with Gasteiger partial charge in [0, 0.05) is 28.2 Å². The van der Waals surface area contributed by atoms with Crippen LogP contribution in [0.25, 0.3) is 0 Å². The fourth-order valence-corrected chi connectivity index (χ4v) is 3.71. The molecule has 1 atom stereocenters. The predicted octanol–water partition coefficient (Wildman–Crippen LogP) is 3.89. The molecule has 0 aliphatic carbocycles. The number of carbonyl (C=O) groups excluding carboxylic acids is 1. The van der Waals surface area contributed by atoms with Gasteiger partial charge in [0.25, 0.3) is 0 Å². The highest BCUT2D eigenvalue weighted by atomic mass is 79.9. The third-order valence-corrected chi connectivity index (χ3v) is 5.18. The van der Waals surface area contributed by atoms with Crippen molar-refractivity contribution in [3.05, 3.63) is 63.0 Å². The summed E-state index contributed by atoms with van der Waals surface area (Å²) in [7, 11) is 0. The summed E-state index contributed by atoms with van der Waals surface area (Å²) in [5.41, 5.74) is 2.01. The van der Waals surface area contributed by atoms with E-state index in [-0.39, 0.29) is 6.61 Å². The number of hydrogen-bond donors (Lipinski definition) is 1. The first-order valence-corrected chi connectivity index (χ1v) is 10.0. The minimum Gasteiger partial charge on any atom is -0.463 e. The second-order valence-electron chi connectivity index (χ2n) is 5.61. The largest absolute Gasteiger partial charge is 0.463 e. The number of halogens is 2. The maximum absolute atomic E-state index is 14.7. The highest BCUT2D eigenvalue weighted by Gasteiger charge is 2.33. The maximum atomic E-state index is 14.7. The number of nitrogens with one attached hydrogen (secondary N) is 1. The summed E-state index contributed by atoms with van der Waals surface area (Å²) in [6.07, 6.45) is 1.67. The second-order valence-corrected chi connectivity index (χ2v) is 7.07. The standard InChI is InChI=1S/C18H17BrFN3O2S/c1-3-25-18(24)14-13(9-19)22-16(17-21-6-7-26-17)23-15(14)11-5-4-10(2)8-12(11)20/h4-8,15H,3,9H2,1-2H3,(H,22,23). The van der Waals surface area contributed by atoms with E-state index in [4.69, 9.17) is 4.74 Å². The lowest BCUT2D eigenvalue weighted by Gasteiger charge is -2.26. The van der Waals surface area contributed by atoms with Crippen molar-refractivity contribution in [2.45, 2.75) is 19.9 Å². The molecule has 0 amide bonds. The average Bonchev–Trinajstić information content (AvgIpc) is 3.15. The van der Waals surface area contributed by atoms with Gasteiger partial charge >= 0.3 is 5.97 Å². The van der Waals surface area contributed by atoms with Gasteiger partial charge < -0.3 is 10.1 Å². The normalized spacial score (nSPS) is 16.9. The molecule has 3 rings (SSSR count). The van der Waals surface area contributed by atoms with Gasteiger partial charge in [0.05, 0.1) is 12.2 Å². The third-order valence-electron chi connectivity index (χ3n) is 3.84. The molecule has 1 unspecified atom stereocenters. The highest BCUT2D eigenvalue weighted by Crippen LogP contribution is 2.34. The molecule has 0 saturated carbocycles. The third kappa shape index (κ3) is 3.71. The topological polar surface area (TPSA) is 63.6 Å². The minimum absolute atomic E-state index is 0.226. The number of nitrogens with zero attached hydrogens (tertiary/aromatic N) is 2. The molecule has 1 aromatic carbocycles. The van der Waals surface area contributed by atoms with Crippen LogP contribution in [0.3, 0.4) is 0 Å². The van der Waals surface area contributed by atoms with E-state index in [9.17, 15) is 9.18 Å². The monoisotopic (exact) mass is 437 g/mol. The Morgan fingerprint density at radius 3 is 2.88 bits per heavy atom. The number of hydrogen-bond acceptors (Lipinski definition) is 6. The lowest BCUT2D eigenvalue weighted by Crippen LogP contribution is -2.34. The number of thiazole rings is 1. The minimum atomic E-state index is -0.803. The zero-order valence-electron chi connectivity index (χ0n) is 14.3. The Morgan fingerprint density at radius 1 is 1.46 bits per heavy atom. The van der Waals surface area contributed by atoms with Crippen molar-refractivity contribution in [2.24, 2.45) is 4.99 Å². The zero-order chi connectivity index (χ0) is 18.7. The molecule has 1 N–H and O–H groups in total. The molecular formula is C18H17BrFN3O2S. The number of carbonyl (C=O) groups is 1. The Bertz CT molecular complexity index is 881. The second kappa shape index (κ2) is 8.09. The predicted molar refractivity (Wildman–Crippen MR) is 103 cm³/mol. The smallest absolute Gasteiger partial charge is 0.338 e. The van der Waals surface area contributed by atoms with Crippen molar-refractivity contribution < 1.29 is 13.9 Å². The van der Waals surface area contributed by atoms with Gasteiger partial charge in [-0.25, -0.2) is 14.2 Å². The van der Waals surface area contributed by atoms with Crippen LogP contribution in [-0.4, -0.2) is 28.7 Å². The lowest BCUT2D eigenvalue weighted by molar-refractivity contribution is -0.138. The van der Waals surface area contributed by atoms with Crippen molar-refractivity contribution in [1.82, 2.24) is 10.3 Å². The number of rotatable bonds is 5. The van der Waals surface area contributed by atoms with Gasteiger partial charge in [-0.05, 0) is 25.5 Å². The van der Waals surface area contributed by atoms with E-state index in [2.05, 4.69) is 31.2 Å².